The lowest BCUT2D eigenvalue weighted by atomic mass is 10.0. The number of thiol groups is 1. The molecule has 0 aliphatic rings. The molecular weight excluding hydrogens is 234 g/mol. The zero-order chi connectivity index (χ0) is 12.8. The molecule has 0 saturated heterocycles. The van der Waals surface area contributed by atoms with E-state index >= 15 is 0 Å². The van der Waals surface area contributed by atoms with Gasteiger partial charge < -0.3 is 4.74 Å². The molecule has 0 atom stereocenters. The third kappa shape index (κ3) is 3.50. The van der Waals surface area contributed by atoms with Crippen LogP contribution in [-0.2, 0) is 22.4 Å². The second-order valence-corrected chi connectivity index (χ2v) is 4.08. The Bertz CT molecular complexity index is 463. The van der Waals surface area contributed by atoms with Crippen molar-refractivity contribution in [2.75, 3.05) is 6.61 Å². The van der Waals surface area contributed by atoms with Gasteiger partial charge >= 0.3 is 5.97 Å². The van der Waals surface area contributed by atoms with Gasteiger partial charge in [0.05, 0.1) is 18.6 Å². The van der Waals surface area contributed by atoms with Crippen LogP contribution in [0.1, 0.15) is 30.5 Å². The Balaban J connectivity index is 3.00. The average Bonchev–Trinajstić information content (AvgIpc) is 2.28. The summed E-state index contributed by atoms with van der Waals surface area (Å²) in [6, 6.07) is 5.75. The Hall–Kier alpha value is -1.47. The summed E-state index contributed by atoms with van der Waals surface area (Å²) in [5.41, 5.74) is 2.34. The minimum Gasteiger partial charge on any atom is -0.466 e. The Morgan fingerprint density at radius 3 is 2.71 bits per heavy atom. The summed E-state index contributed by atoms with van der Waals surface area (Å²) in [4.78, 5) is 12.0. The fraction of sp³-hybridized carbons (Fsp3) is 0.385. The summed E-state index contributed by atoms with van der Waals surface area (Å²) < 4.78 is 4.89. The standard InChI is InChI=1S/C13H15NO2S/c1-3-10-5-9(7-13(15)16-4-2)6-12(17)11(10)8-14/h5-6,17H,3-4,7H2,1-2H3. The Morgan fingerprint density at radius 1 is 1.47 bits per heavy atom. The minimum atomic E-state index is -0.257. The monoisotopic (exact) mass is 249 g/mol. The molecule has 0 N–H and O–H groups in total. The van der Waals surface area contributed by atoms with E-state index in [0.717, 1.165) is 17.5 Å². The highest BCUT2D eigenvalue weighted by molar-refractivity contribution is 7.80. The highest BCUT2D eigenvalue weighted by Crippen LogP contribution is 2.21. The maximum Gasteiger partial charge on any atom is 0.310 e. The molecule has 0 saturated carbocycles. The van der Waals surface area contributed by atoms with E-state index in [1.807, 2.05) is 13.0 Å². The maximum absolute atomic E-state index is 11.4. The molecule has 0 aromatic heterocycles. The highest BCUT2D eigenvalue weighted by atomic mass is 32.1. The topological polar surface area (TPSA) is 50.1 Å². The predicted molar refractivity (Wildman–Crippen MR) is 68.1 cm³/mol. The van der Waals surface area contributed by atoms with Crippen molar-refractivity contribution in [2.24, 2.45) is 0 Å². The van der Waals surface area contributed by atoms with Gasteiger partial charge in [-0.3, -0.25) is 4.79 Å². The molecule has 0 fully saturated rings. The number of nitriles is 1. The Kier molecular flexibility index (Phi) is 5.05. The molecule has 0 heterocycles. The van der Waals surface area contributed by atoms with Crippen LogP contribution in [0.25, 0.3) is 0 Å². The molecule has 17 heavy (non-hydrogen) atoms. The van der Waals surface area contributed by atoms with Gasteiger partial charge in [-0.05, 0) is 30.5 Å². The number of hydrogen-bond acceptors (Lipinski definition) is 4. The summed E-state index contributed by atoms with van der Waals surface area (Å²) in [6.07, 6.45) is 0.966. The normalized spacial score (nSPS) is 9.76. The maximum atomic E-state index is 11.4. The quantitative estimate of drug-likeness (QED) is 0.659. The van der Waals surface area contributed by atoms with E-state index in [9.17, 15) is 4.79 Å². The number of nitrogens with zero attached hydrogens (tertiary/aromatic N) is 1. The van der Waals surface area contributed by atoms with E-state index in [-0.39, 0.29) is 12.4 Å². The van der Waals surface area contributed by atoms with Gasteiger partial charge in [-0.15, -0.1) is 12.6 Å². The van der Waals surface area contributed by atoms with E-state index < -0.39 is 0 Å². The molecule has 1 aromatic carbocycles. The van der Waals surface area contributed by atoms with Gasteiger partial charge in [-0.25, -0.2) is 0 Å². The van der Waals surface area contributed by atoms with Gasteiger partial charge in [-0.1, -0.05) is 13.0 Å². The van der Waals surface area contributed by atoms with Crippen molar-refractivity contribution >= 4 is 18.6 Å². The molecule has 0 spiro atoms. The first-order valence-electron chi connectivity index (χ1n) is 5.52. The van der Waals surface area contributed by atoms with Crippen LogP contribution in [0.2, 0.25) is 0 Å². The molecule has 3 nitrogen and oxygen atoms in total. The fourth-order valence-electron chi connectivity index (χ4n) is 1.64. The largest absolute Gasteiger partial charge is 0.466 e. The third-order valence-corrected chi connectivity index (χ3v) is 2.76. The zero-order valence-electron chi connectivity index (χ0n) is 9.99. The molecule has 0 unspecified atom stereocenters. The van der Waals surface area contributed by atoms with Gasteiger partial charge in [0.15, 0.2) is 0 Å². The smallest absolute Gasteiger partial charge is 0.310 e. The van der Waals surface area contributed by atoms with Crippen molar-refractivity contribution in [3.63, 3.8) is 0 Å². The average molecular weight is 249 g/mol. The number of benzene rings is 1. The van der Waals surface area contributed by atoms with E-state index in [1.54, 1.807) is 13.0 Å². The summed E-state index contributed by atoms with van der Waals surface area (Å²) >= 11 is 4.27. The van der Waals surface area contributed by atoms with Crippen LogP contribution in [0.5, 0.6) is 0 Å². The highest BCUT2D eigenvalue weighted by Gasteiger charge is 2.10. The molecule has 0 radical (unpaired) electrons. The third-order valence-electron chi connectivity index (χ3n) is 2.41. The molecule has 90 valence electrons. The van der Waals surface area contributed by atoms with E-state index in [1.165, 1.54) is 0 Å². The lowest BCUT2D eigenvalue weighted by Gasteiger charge is -2.08. The number of hydrogen-bond donors (Lipinski definition) is 1. The van der Waals surface area contributed by atoms with Crippen LogP contribution in [-0.4, -0.2) is 12.6 Å². The lowest BCUT2D eigenvalue weighted by Crippen LogP contribution is -2.08. The van der Waals surface area contributed by atoms with Crippen LogP contribution in [0.4, 0.5) is 0 Å². The van der Waals surface area contributed by atoms with Gasteiger partial charge in [-0.2, -0.15) is 5.26 Å². The number of esters is 1. The first-order valence-corrected chi connectivity index (χ1v) is 5.97. The summed E-state index contributed by atoms with van der Waals surface area (Å²) in [5.74, 6) is -0.257. The number of rotatable bonds is 4. The molecule has 0 amide bonds. The van der Waals surface area contributed by atoms with Crippen molar-refractivity contribution in [3.8, 4) is 6.07 Å². The molecular formula is C13H15NO2S. The number of ether oxygens (including phenoxy) is 1. The lowest BCUT2D eigenvalue weighted by molar-refractivity contribution is -0.142. The second-order valence-electron chi connectivity index (χ2n) is 3.60. The van der Waals surface area contributed by atoms with Crippen molar-refractivity contribution in [1.82, 2.24) is 0 Å². The van der Waals surface area contributed by atoms with Crippen LogP contribution in [0.15, 0.2) is 17.0 Å². The predicted octanol–water partition coefficient (Wildman–Crippen LogP) is 2.51. The fourth-order valence-corrected chi connectivity index (χ4v) is 2.00. The minimum absolute atomic E-state index is 0.222. The molecule has 0 aliphatic carbocycles. The van der Waals surface area contributed by atoms with Crippen molar-refractivity contribution < 1.29 is 9.53 Å². The van der Waals surface area contributed by atoms with Crippen molar-refractivity contribution in [3.05, 3.63) is 28.8 Å². The summed E-state index contributed by atoms with van der Waals surface area (Å²) in [6.45, 7) is 4.12. The van der Waals surface area contributed by atoms with E-state index in [4.69, 9.17) is 10.00 Å². The van der Waals surface area contributed by atoms with Gasteiger partial charge in [0.2, 0.25) is 0 Å². The molecule has 1 rings (SSSR count). The first kappa shape index (κ1) is 13.6. The number of carbonyl (C=O) groups excluding carboxylic acids is 1. The van der Waals surface area contributed by atoms with Gasteiger partial charge in [0.25, 0.3) is 0 Å². The van der Waals surface area contributed by atoms with Crippen LogP contribution in [0, 0.1) is 11.3 Å². The van der Waals surface area contributed by atoms with Crippen molar-refractivity contribution in [1.29, 1.82) is 5.26 Å². The molecule has 4 heteroatoms. The second kappa shape index (κ2) is 6.31. The van der Waals surface area contributed by atoms with Crippen LogP contribution in [0.3, 0.4) is 0 Å². The first-order chi connectivity index (χ1) is 8.12. The Morgan fingerprint density at radius 2 is 2.18 bits per heavy atom. The van der Waals surface area contributed by atoms with Gasteiger partial charge in [0.1, 0.15) is 6.07 Å². The van der Waals surface area contributed by atoms with Crippen LogP contribution >= 0.6 is 12.6 Å². The van der Waals surface area contributed by atoms with Crippen molar-refractivity contribution in [2.45, 2.75) is 31.6 Å². The number of carbonyl (C=O) groups is 1. The summed E-state index contributed by atoms with van der Waals surface area (Å²) in [5, 5.41) is 9.00. The Labute approximate surface area is 107 Å². The van der Waals surface area contributed by atoms with Crippen LogP contribution < -0.4 is 0 Å². The number of aryl methyl sites for hydroxylation is 1. The van der Waals surface area contributed by atoms with Gasteiger partial charge in [0, 0.05) is 4.90 Å². The van der Waals surface area contributed by atoms with E-state index in [0.29, 0.717) is 17.1 Å². The summed E-state index contributed by atoms with van der Waals surface area (Å²) in [7, 11) is 0. The zero-order valence-corrected chi connectivity index (χ0v) is 10.9. The SMILES string of the molecule is CCOC(=O)Cc1cc(S)c(C#N)c(CC)c1. The molecule has 0 bridgehead atoms. The molecule has 1 aromatic rings. The molecule has 0 aliphatic heterocycles. The van der Waals surface area contributed by atoms with E-state index in [2.05, 4.69) is 18.7 Å².